The number of anilines is 1. The molecule has 1 aliphatic heterocycles. The van der Waals surface area contributed by atoms with Gasteiger partial charge in [0.25, 0.3) is 0 Å². The number of carbonyl (C=O) groups excluding carboxylic acids is 1. The van der Waals surface area contributed by atoms with Gasteiger partial charge in [-0.3, -0.25) is 4.79 Å². The molecule has 2 rings (SSSR count). The predicted molar refractivity (Wildman–Crippen MR) is 84.4 cm³/mol. The highest BCUT2D eigenvalue weighted by atomic mass is 19.4. The molecule has 1 aliphatic rings. The van der Waals surface area contributed by atoms with Crippen molar-refractivity contribution in [1.82, 2.24) is 5.32 Å². The van der Waals surface area contributed by atoms with Gasteiger partial charge < -0.3 is 10.2 Å². The second-order valence-corrected chi connectivity index (χ2v) is 5.94. The summed E-state index contributed by atoms with van der Waals surface area (Å²) in [6.07, 6.45) is -1.75. The molecule has 130 valence electrons. The van der Waals surface area contributed by atoms with Crippen molar-refractivity contribution in [1.29, 1.82) is 5.26 Å². The third kappa shape index (κ3) is 4.40. The van der Waals surface area contributed by atoms with Crippen LogP contribution in [0.4, 0.5) is 18.9 Å². The van der Waals surface area contributed by atoms with E-state index < -0.39 is 11.7 Å². The minimum atomic E-state index is -4.56. The minimum Gasteiger partial charge on any atom is -0.369 e. The maximum Gasteiger partial charge on any atom is 0.417 e. The van der Waals surface area contributed by atoms with Gasteiger partial charge in [0.05, 0.1) is 17.2 Å². The van der Waals surface area contributed by atoms with Gasteiger partial charge in [0.1, 0.15) is 0 Å². The maximum absolute atomic E-state index is 13.1. The van der Waals surface area contributed by atoms with E-state index in [0.717, 1.165) is 25.3 Å². The molecule has 1 N–H and O–H groups in total. The Morgan fingerprint density at radius 2 is 2.21 bits per heavy atom. The summed E-state index contributed by atoms with van der Waals surface area (Å²) in [6.45, 7) is 3.02. The highest BCUT2D eigenvalue weighted by Gasteiger charge is 2.34. The smallest absolute Gasteiger partial charge is 0.369 e. The summed E-state index contributed by atoms with van der Waals surface area (Å²) in [4.78, 5) is 13.5. The quantitative estimate of drug-likeness (QED) is 0.914. The second-order valence-electron chi connectivity index (χ2n) is 5.94. The average molecular weight is 339 g/mol. The van der Waals surface area contributed by atoms with Gasteiger partial charge in [-0.05, 0) is 37.5 Å². The standard InChI is InChI=1S/C17H20F3N3O/c1-2-4-16(24)22-13-5-3-8-23(11-13)14-7-6-12(10-21)15(9-14)17(18,19)20/h6-7,9,13H,2-5,8,11H2,1H3,(H,22,24). The van der Waals surface area contributed by atoms with Crippen molar-refractivity contribution in [3.05, 3.63) is 29.3 Å². The van der Waals surface area contributed by atoms with Gasteiger partial charge in [0.2, 0.25) is 5.91 Å². The lowest BCUT2D eigenvalue weighted by molar-refractivity contribution is -0.137. The lowest BCUT2D eigenvalue weighted by Gasteiger charge is -2.35. The number of nitrogens with one attached hydrogen (secondary N) is 1. The number of hydrogen-bond acceptors (Lipinski definition) is 3. The summed E-state index contributed by atoms with van der Waals surface area (Å²) in [6, 6.07) is 5.28. The zero-order valence-electron chi connectivity index (χ0n) is 13.5. The van der Waals surface area contributed by atoms with Crippen LogP contribution in [0.15, 0.2) is 18.2 Å². The Kier molecular flexibility index (Phi) is 5.71. The van der Waals surface area contributed by atoms with Gasteiger partial charge in [0, 0.05) is 31.2 Å². The molecule has 0 bridgehead atoms. The summed E-state index contributed by atoms with van der Waals surface area (Å²) in [5.74, 6) is -0.0276. The molecule has 1 aromatic carbocycles. The number of halogens is 3. The first-order valence-corrected chi connectivity index (χ1v) is 8.00. The van der Waals surface area contributed by atoms with Crippen molar-refractivity contribution in [3.63, 3.8) is 0 Å². The Morgan fingerprint density at radius 3 is 2.83 bits per heavy atom. The van der Waals surface area contributed by atoms with Crippen LogP contribution in [0.25, 0.3) is 0 Å². The van der Waals surface area contributed by atoms with E-state index in [1.807, 2.05) is 11.8 Å². The van der Waals surface area contributed by atoms with Gasteiger partial charge in [-0.25, -0.2) is 0 Å². The first kappa shape index (κ1) is 18.1. The molecule has 7 heteroatoms. The number of amides is 1. The van der Waals surface area contributed by atoms with Crippen LogP contribution in [-0.4, -0.2) is 25.0 Å². The molecule has 1 aromatic rings. The zero-order valence-corrected chi connectivity index (χ0v) is 13.5. The summed E-state index contributed by atoms with van der Waals surface area (Å²) in [7, 11) is 0. The average Bonchev–Trinajstić information content (AvgIpc) is 2.54. The number of nitrogens with zero attached hydrogens (tertiary/aromatic N) is 2. The number of piperidine rings is 1. The first-order chi connectivity index (χ1) is 11.3. The van der Waals surface area contributed by atoms with Gasteiger partial charge in [-0.1, -0.05) is 6.92 Å². The number of nitriles is 1. The Bertz CT molecular complexity index is 637. The monoisotopic (exact) mass is 339 g/mol. The number of rotatable bonds is 4. The van der Waals surface area contributed by atoms with Crippen LogP contribution in [0, 0.1) is 11.3 Å². The fourth-order valence-corrected chi connectivity index (χ4v) is 2.92. The van der Waals surface area contributed by atoms with Crippen LogP contribution in [-0.2, 0) is 11.0 Å². The van der Waals surface area contributed by atoms with Gasteiger partial charge in [0.15, 0.2) is 0 Å². The molecule has 1 amide bonds. The van der Waals surface area contributed by atoms with E-state index in [1.54, 1.807) is 6.07 Å². The molecule has 1 atom stereocenters. The zero-order chi connectivity index (χ0) is 17.7. The Balaban J connectivity index is 2.16. The molecule has 1 saturated heterocycles. The summed E-state index contributed by atoms with van der Waals surface area (Å²) in [5, 5.41) is 11.8. The Hall–Kier alpha value is -2.23. The van der Waals surface area contributed by atoms with E-state index in [4.69, 9.17) is 5.26 Å². The molecule has 0 saturated carbocycles. The predicted octanol–water partition coefficient (Wildman–Crippen LogP) is 3.46. The summed E-state index contributed by atoms with van der Waals surface area (Å²) in [5.41, 5.74) is -0.869. The van der Waals surface area contributed by atoms with E-state index in [0.29, 0.717) is 25.2 Å². The molecule has 1 heterocycles. The molecular formula is C17H20F3N3O. The molecule has 1 fully saturated rings. The number of carbonyl (C=O) groups is 1. The van der Waals surface area contributed by atoms with E-state index in [9.17, 15) is 18.0 Å². The molecule has 1 unspecified atom stereocenters. The fraction of sp³-hybridized carbons (Fsp3) is 0.529. The number of benzene rings is 1. The fourth-order valence-electron chi connectivity index (χ4n) is 2.92. The topological polar surface area (TPSA) is 56.1 Å². The summed E-state index contributed by atoms with van der Waals surface area (Å²) < 4.78 is 39.3. The van der Waals surface area contributed by atoms with Crippen LogP contribution in [0.3, 0.4) is 0 Å². The first-order valence-electron chi connectivity index (χ1n) is 8.00. The highest BCUT2D eigenvalue weighted by molar-refractivity contribution is 5.76. The molecule has 0 aromatic heterocycles. The van der Waals surface area contributed by atoms with Crippen molar-refractivity contribution < 1.29 is 18.0 Å². The van der Waals surface area contributed by atoms with E-state index >= 15 is 0 Å². The lowest BCUT2D eigenvalue weighted by atomic mass is 10.0. The molecule has 0 radical (unpaired) electrons. The van der Waals surface area contributed by atoms with Gasteiger partial charge in [-0.15, -0.1) is 0 Å². The molecule has 0 aliphatic carbocycles. The number of alkyl halides is 3. The van der Waals surface area contributed by atoms with Crippen LogP contribution < -0.4 is 10.2 Å². The van der Waals surface area contributed by atoms with Crippen molar-refractivity contribution in [3.8, 4) is 6.07 Å². The van der Waals surface area contributed by atoms with Crippen molar-refractivity contribution >= 4 is 11.6 Å². The molecule has 0 spiro atoms. The lowest BCUT2D eigenvalue weighted by Crippen LogP contribution is -2.47. The van der Waals surface area contributed by atoms with Crippen molar-refractivity contribution in [2.24, 2.45) is 0 Å². The van der Waals surface area contributed by atoms with E-state index in [-0.39, 0.29) is 17.5 Å². The molecule has 24 heavy (non-hydrogen) atoms. The van der Waals surface area contributed by atoms with E-state index in [1.165, 1.54) is 12.1 Å². The SMILES string of the molecule is CCCC(=O)NC1CCCN(c2ccc(C#N)c(C(F)(F)F)c2)C1. The Labute approximate surface area is 139 Å². The molecular weight excluding hydrogens is 319 g/mol. The molecule has 4 nitrogen and oxygen atoms in total. The second kappa shape index (κ2) is 7.56. The van der Waals surface area contributed by atoms with Crippen molar-refractivity contribution in [2.75, 3.05) is 18.0 Å². The van der Waals surface area contributed by atoms with Crippen LogP contribution in [0.5, 0.6) is 0 Å². The number of hydrogen-bond donors (Lipinski definition) is 1. The summed E-state index contributed by atoms with van der Waals surface area (Å²) >= 11 is 0. The van der Waals surface area contributed by atoms with Crippen molar-refractivity contribution in [2.45, 2.75) is 44.8 Å². The van der Waals surface area contributed by atoms with E-state index in [2.05, 4.69) is 5.32 Å². The van der Waals surface area contributed by atoms with Crippen LogP contribution in [0.2, 0.25) is 0 Å². The van der Waals surface area contributed by atoms with Crippen LogP contribution in [0.1, 0.15) is 43.7 Å². The third-order valence-electron chi connectivity index (χ3n) is 4.06. The Morgan fingerprint density at radius 1 is 1.46 bits per heavy atom. The normalized spacial score (nSPS) is 18.1. The maximum atomic E-state index is 13.1. The largest absolute Gasteiger partial charge is 0.417 e. The highest BCUT2D eigenvalue weighted by Crippen LogP contribution is 2.35. The van der Waals surface area contributed by atoms with Gasteiger partial charge >= 0.3 is 6.18 Å². The minimum absolute atomic E-state index is 0.0276. The van der Waals surface area contributed by atoms with Crippen LogP contribution >= 0.6 is 0 Å². The van der Waals surface area contributed by atoms with Gasteiger partial charge in [-0.2, -0.15) is 18.4 Å². The third-order valence-corrected chi connectivity index (χ3v) is 4.06.